The summed E-state index contributed by atoms with van der Waals surface area (Å²) in [6.07, 6.45) is 1.80. The van der Waals surface area contributed by atoms with Gasteiger partial charge in [0.1, 0.15) is 5.75 Å². The molecule has 2 fully saturated rings. The summed E-state index contributed by atoms with van der Waals surface area (Å²) in [5, 5.41) is 1.76. The fourth-order valence-corrected chi connectivity index (χ4v) is 4.08. The van der Waals surface area contributed by atoms with Crippen molar-refractivity contribution in [1.29, 1.82) is 0 Å². The Kier molecular flexibility index (Phi) is 5.53. The van der Waals surface area contributed by atoms with Gasteiger partial charge in [-0.15, -0.1) is 0 Å². The van der Waals surface area contributed by atoms with Gasteiger partial charge in [0.05, 0.1) is 29.9 Å². The average molecular weight is 394 g/mol. The van der Waals surface area contributed by atoms with Gasteiger partial charge < -0.3 is 4.74 Å². The third-order valence-electron chi connectivity index (χ3n) is 5.40. The number of anilines is 2. The summed E-state index contributed by atoms with van der Waals surface area (Å²) < 4.78 is 5.59. The second-order valence-corrected chi connectivity index (χ2v) is 7.42. The normalized spacial score (nSPS) is 23.6. The van der Waals surface area contributed by atoms with E-state index in [4.69, 9.17) is 9.57 Å². The number of benzene rings is 2. The Hall–Kier alpha value is -2.86. The molecule has 0 spiro atoms. The summed E-state index contributed by atoms with van der Waals surface area (Å²) in [7, 11) is 0. The number of hydrogen-bond acceptors (Lipinski definition) is 5. The number of hydrogen-bond donors (Lipinski definition) is 0. The van der Waals surface area contributed by atoms with Crippen LogP contribution in [0.2, 0.25) is 0 Å². The highest BCUT2D eigenvalue weighted by atomic mass is 16.7. The van der Waals surface area contributed by atoms with Gasteiger partial charge in [-0.2, -0.15) is 0 Å². The minimum Gasteiger partial charge on any atom is -0.494 e. The van der Waals surface area contributed by atoms with Crippen LogP contribution in [0.1, 0.15) is 33.1 Å². The molecule has 2 saturated heterocycles. The molecule has 29 heavy (non-hydrogen) atoms. The van der Waals surface area contributed by atoms with Crippen LogP contribution in [0.5, 0.6) is 5.75 Å². The van der Waals surface area contributed by atoms with E-state index in [1.54, 1.807) is 29.3 Å². The van der Waals surface area contributed by atoms with Crippen molar-refractivity contribution < 1.29 is 19.2 Å². The van der Waals surface area contributed by atoms with Crippen molar-refractivity contribution in [3.05, 3.63) is 54.6 Å². The van der Waals surface area contributed by atoms with Gasteiger partial charge in [0.25, 0.3) is 5.91 Å². The Morgan fingerprint density at radius 2 is 1.62 bits per heavy atom. The second-order valence-electron chi connectivity index (χ2n) is 7.42. The molecule has 4 rings (SSSR count). The predicted molar refractivity (Wildman–Crippen MR) is 111 cm³/mol. The Morgan fingerprint density at radius 1 is 0.897 bits per heavy atom. The number of fused-ring (bicyclic) bond motifs is 1. The standard InChI is InChI=1S/C23H26N2O4/c1-3-8-19-20-21(29-25(19)17-9-6-5-7-10-17)23(27)24(22(20)26)16-11-13-18(14-12-16)28-15-4-2/h5-7,9-14,19-21H,3-4,8,15H2,1-2H3/t19-,20-,21-/m1/s1. The number of hydroxylamine groups is 1. The number of rotatable bonds is 7. The van der Waals surface area contributed by atoms with Crippen LogP contribution < -0.4 is 14.7 Å². The van der Waals surface area contributed by atoms with Gasteiger partial charge in [-0.05, 0) is 49.2 Å². The zero-order chi connectivity index (χ0) is 20.4. The van der Waals surface area contributed by atoms with Gasteiger partial charge in [0.2, 0.25) is 5.91 Å². The minimum absolute atomic E-state index is 0.166. The van der Waals surface area contributed by atoms with Gasteiger partial charge in [-0.1, -0.05) is 38.5 Å². The van der Waals surface area contributed by atoms with Crippen molar-refractivity contribution in [3.8, 4) is 5.75 Å². The zero-order valence-corrected chi connectivity index (χ0v) is 16.8. The number of carbonyl (C=O) groups is 2. The fraction of sp³-hybridized carbons (Fsp3) is 0.391. The largest absolute Gasteiger partial charge is 0.494 e. The first-order chi connectivity index (χ1) is 14.2. The molecule has 0 aromatic heterocycles. The Bertz CT molecular complexity index is 868. The first kappa shape index (κ1) is 19.5. The summed E-state index contributed by atoms with van der Waals surface area (Å²) in [4.78, 5) is 33.7. The highest BCUT2D eigenvalue weighted by Crippen LogP contribution is 2.41. The molecule has 0 radical (unpaired) electrons. The Balaban J connectivity index is 1.59. The van der Waals surface area contributed by atoms with E-state index in [2.05, 4.69) is 6.92 Å². The molecule has 0 N–H and O–H groups in total. The number of carbonyl (C=O) groups excluding carboxylic acids is 2. The van der Waals surface area contributed by atoms with Crippen LogP contribution in [0.25, 0.3) is 0 Å². The maximum absolute atomic E-state index is 13.3. The average Bonchev–Trinajstić information content (AvgIpc) is 3.24. The van der Waals surface area contributed by atoms with Crippen LogP contribution in [0.15, 0.2) is 54.6 Å². The maximum Gasteiger partial charge on any atom is 0.266 e. The molecule has 6 heteroatoms. The van der Waals surface area contributed by atoms with Crippen LogP contribution in [-0.2, 0) is 14.4 Å². The highest BCUT2D eigenvalue weighted by molar-refractivity contribution is 6.23. The van der Waals surface area contributed by atoms with E-state index < -0.39 is 12.0 Å². The molecule has 3 atom stereocenters. The van der Waals surface area contributed by atoms with Crippen LogP contribution >= 0.6 is 0 Å². The summed E-state index contributed by atoms with van der Waals surface area (Å²) in [5.74, 6) is -0.273. The molecule has 2 amide bonds. The number of amides is 2. The molecule has 2 aromatic rings. The van der Waals surface area contributed by atoms with E-state index in [9.17, 15) is 9.59 Å². The van der Waals surface area contributed by atoms with Crippen molar-refractivity contribution in [1.82, 2.24) is 0 Å². The van der Waals surface area contributed by atoms with Crippen molar-refractivity contribution >= 4 is 23.2 Å². The molecule has 6 nitrogen and oxygen atoms in total. The topological polar surface area (TPSA) is 59.1 Å². The molecule has 2 aliphatic rings. The van der Waals surface area contributed by atoms with Crippen molar-refractivity contribution in [2.75, 3.05) is 16.6 Å². The van der Waals surface area contributed by atoms with Crippen LogP contribution in [-0.4, -0.2) is 30.6 Å². The quantitative estimate of drug-likeness (QED) is 0.666. The summed E-state index contributed by atoms with van der Waals surface area (Å²) in [6.45, 7) is 4.75. The second kappa shape index (κ2) is 8.25. The van der Waals surface area contributed by atoms with Gasteiger partial charge in [0, 0.05) is 0 Å². The molecule has 0 saturated carbocycles. The van der Waals surface area contributed by atoms with E-state index in [0.29, 0.717) is 12.3 Å². The first-order valence-corrected chi connectivity index (χ1v) is 10.3. The lowest BCUT2D eigenvalue weighted by Crippen LogP contribution is -2.40. The summed E-state index contributed by atoms with van der Waals surface area (Å²) >= 11 is 0. The van der Waals surface area contributed by atoms with Crippen LogP contribution in [0.3, 0.4) is 0 Å². The van der Waals surface area contributed by atoms with Gasteiger partial charge in [-0.3, -0.25) is 14.4 Å². The molecule has 2 aliphatic heterocycles. The SMILES string of the molecule is CCCOc1ccc(N2C(=O)[C@@H]3[C@@H](CCC)N(c4ccccc4)O[C@H]3C2=O)cc1. The Labute approximate surface area is 171 Å². The van der Waals surface area contributed by atoms with E-state index >= 15 is 0 Å². The third-order valence-corrected chi connectivity index (χ3v) is 5.40. The molecule has 2 heterocycles. The molecule has 0 unspecified atom stereocenters. The maximum atomic E-state index is 13.3. The molecule has 152 valence electrons. The van der Waals surface area contributed by atoms with Crippen LogP contribution in [0.4, 0.5) is 11.4 Å². The van der Waals surface area contributed by atoms with Crippen LogP contribution in [0, 0.1) is 5.92 Å². The Morgan fingerprint density at radius 3 is 2.28 bits per heavy atom. The number of para-hydroxylation sites is 1. The summed E-state index contributed by atoms with van der Waals surface area (Å²) in [5.41, 5.74) is 1.42. The first-order valence-electron chi connectivity index (χ1n) is 10.3. The van der Waals surface area contributed by atoms with Gasteiger partial charge in [0.15, 0.2) is 6.10 Å². The smallest absolute Gasteiger partial charge is 0.266 e. The van der Waals surface area contributed by atoms with E-state index in [1.807, 2.05) is 37.3 Å². The third kappa shape index (κ3) is 3.49. The number of imide groups is 1. The van der Waals surface area contributed by atoms with E-state index in [1.165, 1.54) is 4.90 Å². The lowest BCUT2D eigenvalue weighted by Gasteiger charge is -2.28. The molecule has 0 aliphatic carbocycles. The van der Waals surface area contributed by atoms with Gasteiger partial charge >= 0.3 is 0 Å². The number of nitrogens with zero attached hydrogens (tertiary/aromatic N) is 2. The molecular weight excluding hydrogens is 368 g/mol. The lowest BCUT2D eigenvalue weighted by molar-refractivity contribution is -0.126. The fourth-order valence-electron chi connectivity index (χ4n) is 4.08. The molecule has 2 aromatic carbocycles. The molecular formula is C23H26N2O4. The lowest BCUT2D eigenvalue weighted by atomic mass is 9.93. The molecule has 0 bridgehead atoms. The van der Waals surface area contributed by atoms with Crippen molar-refractivity contribution in [2.24, 2.45) is 5.92 Å². The minimum atomic E-state index is -0.782. The summed E-state index contributed by atoms with van der Waals surface area (Å²) in [6, 6.07) is 16.6. The van der Waals surface area contributed by atoms with E-state index in [-0.39, 0.29) is 17.9 Å². The number of ether oxygens (including phenoxy) is 1. The van der Waals surface area contributed by atoms with Crippen molar-refractivity contribution in [3.63, 3.8) is 0 Å². The van der Waals surface area contributed by atoms with E-state index in [0.717, 1.165) is 30.7 Å². The zero-order valence-electron chi connectivity index (χ0n) is 16.8. The van der Waals surface area contributed by atoms with Crippen molar-refractivity contribution in [2.45, 2.75) is 45.3 Å². The predicted octanol–water partition coefficient (Wildman–Crippen LogP) is 3.95. The van der Waals surface area contributed by atoms with Gasteiger partial charge in [-0.25, -0.2) is 9.96 Å². The highest BCUT2D eigenvalue weighted by Gasteiger charge is 2.59. The monoisotopic (exact) mass is 394 g/mol.